The molecule has 0 aliphatic carbocycles. The van der Waals surface area contributed by atoms with E-state index >= 15 is 0 Å². The summed E-state index contributed by atoms with van der Waals surface area (Å²) in [6.45, 7) is 4.25. The first-order valence-corrected chi connectivity index (χ1v) is 4.32. The number of rotatable bonds is 2. The Bertz CT molecular complexity index is 203. The summed E-state index contributed by atoms with van der Waals surface area (Å²) in [5.41, 5.74) is 0. The van der Waals surface area contributed by atoms with Gasteiger partial charge in [0.1, 0.15) is 0 Å². The molecule has 3 nitrogen and oxygen atoms in total. The Morgan fingerprint density at radius 1 is 1.15 bits per heavy atom. The Morgan fingerprint density at radius 2 is 1.69 bits per heavy atom. The third kappa shape index (κ3) is 4.35. The van der Waals surface area contributed by atoms with E-state index < -0.39 is 0 Å². The van der Waals surface area contributed by atoms with Gasteiger partial charge in [0.2, 0.25) is 0 Å². The number of methoxy groups -OCH3 is 2. The zero-order valence-electron chi connectivity index (χ0n) is 8.70. The van der Waals surface area contributed by atoms with E-state index in [-0.39, 0.29) is 0 Å². The minimum atomic E-state index is 0.657. The van der Waals surface area contributed by atoms with Crippen LogP contribution < -0.4 is 9.47 Å². The van der Waals surface area contributed by atoms with E-state index in [1.807, 2.05) is 0 Å². The van der Waals surface area contributed by atoms with Gasteiger partial charge < -0.3 is 9.47 Å². The van der Waals surface area contributed by atoms with Gasteiger partial charge in [0, 0.05) is 12.3 Å². The Kier molecular flexibility index (Phi) is 6.69. The number of hydrogen-bond acceptors (Lipinski definition) is 3. The number of pyridine rings is 1. The van der Waals surface area contributed by atoms with E-state index in [4.69, 9.17) is 9.47 Å². The molecule has 0 aliphatic heterocycles. The molecule has 1 aromatic rings. The molecule has 0 atom stereocenters. The number of hydrogen-bond donors (Lipinski definition) is 0. The molecule has 1 aromatic heterocycles. The standard InChI is InChI=1S/C7H9NO2.C3H8/c1-9-6-3-4-8-5-7(6)10-2;1-3-2/h3-5H,1-2H3;3H2,1-2H3. The van der Waals surface area contributed by atoms with E-state index in [1.54, 1.807) is 32.7 Å². The lowest BCUT2D eigenvalue weighted by Gasteiger charge is -2.03. The van der Waals surface area contributed by atoms with Gasteiger partial charge >= 0.3 is 0 Å². The largest absolute Gasteiger partial charge is 0.493 e. The molecular formula is C10H17NO2. The fourth-order valence-corrected chi connectivity index (χ4v) is 0.689. The average molecular weight is 183 g/mol. The van der Waals surface area contributed by atoms with Crippen LogP contribution >= 0.6 is 0 Å². The van der Waals surface area contributed by atoms with Crippen LogP contribution in [0.2, 0.25) is 0 Å². The summed E-state index contributed by atoms with van der Waals surface area (Å²) >= 11 is 0. The van der Waals surface area contributed by atoms with Crippen molar-refractivity contribution < 1.29 is 9.47 Å². The van der Waals surface area contributed by atoms with Crippen molar-refractivity contribution in [2.24, 2.45) is 0 Å². The van der Waals surface area contributed by atoms with Crippen LogP contribution in [0.1, 0.15) is 20.3 Å². The third-order valence-electron chi connectivity index (χ3n) is 1.19. The first-order chi connectivity index (χ1) is 6.29. The van der Waals surface area contributed by atoms with E-state index in [0.717, 1.165) is 0 Å². The van der Waals surface area contributed by atoms with Gasteiger partial charge in [-0.2, -0.15) is 0 Å². The quantitative estimate of drug-likeness (QED) is 0.706. The summed E-state index contributed by atoms with van der Waals surface area (Å²) in [4.78, 5) is 3.86. The van der Waals surface area contributed by atoms with Crippen LogP contribution in [0.15, 0.2) is 18.5 Å². The average Bonchev–Trinajstić information content (AvgIpc) is 2.19. The first-order valence-electron chi connectivity index (χ1n) is 4.32. The van der Waals surface area contributed by atoms with Crippen LogP contribution in [0.5, 0.6) is 11.5 Å². The SMILES string of the molecule is CCC.COc1ccncc1OC. The molecule has 0 aromatic carbocycles. The summed E-state index contributed by atoms with van der Waals surface area (Å²) in [6, 6.07) is 1.75. The minimum absolute atomic E-state index is 0.657. The van der Waals surface area contributed by atoms with Gasteiger partial charge in [0.05, 0.1) is 20.4 Å². The molecule has 0 N–H and O–H groups in total. The highest BCUT2D eigenvalue weighted by molar-refractivity contribution is 5.35. The second-order valence-electron chi connectivity index (χ2n) is 2.44. The smallest absolute Gasteiger partial charge is 0.179 e. The maximum absolute atomic E-state index is 4.97. The van der Waals surface area contributed by atoms with E-state index in [2.05, 4.69) is 18.8 Å². The van der Waals surface area contributed by atoms with Crippen molar-refractivity contribution in [3.8, 4) is 11.5 Å². The molecule has 1 heterocycles. The van der Waals surface area contributed by atoms with Crippen molar-refractivity contribution in [3.05, 3.63) is 18.5 Å². The molecular weight excluding hydrogens is 166 g/mol. The zero-order chi connectivity index (χ0) is 10.1. The molecule has 13 heavy (non-hydrogen) atoms. The maximum Gasteiger partial charge on any atom is 0.179 e. The summed E-state index contributed by atoms with van der Waals surface area (Å²) in [6.07, 6.45) is 4.51. The Labute approximate surface area is 79.7 Å². The predicted molar refractivity (Wildman–Crippen MR) is 53.3 cm³/mol. The summed E-state index contributed by atoms with van der Waals surface area (Å²) in [5, 5.41) is 0. The molecule has 0 fully saturated rings. The van der Waals surface area contributed by atoms with Gasteiger partial charge in [0.25, 0.3) is 0 Å². The number of aromatic nitrogens is 1. The lowest BCUT2D eigenvalue weighted by Crippen LogP contribution is -1.89. The van der Waals surface area contributed by atoms with Gasteiger partial charge in [-0.05, 0) is 0 Å². The predicted octanol–water partition coefficient (Wildman–Crippen LogP) is 2.52. The normalized spacial score (nSPS) is 8.31. The highest BCUT2D eigenvalue weighted by atomic mass is 16.5. The lowest BCUT2D eigenvalue weighted by molar-refractivity contribution is 0.353. The van der Waals surface area contributed by atoms with Crippen LogP contribution in [0.3, 0.4) is 0 Å². The molecule has 0 spiro atoms. The van der Waals surface area contributed by atoms with Crippen molar-refractivity contribution in [2.45, 2.75) is 20.3 Å². The molecule has 0 saturated heterocycles. The molecule has 0 saturated carbocycles. The van der Waals surface area contributed by atoms with Gasteiger partial charge in [-0.15, -0.1) is 0 Å². The first kappa shape index (κ1) is 11.8. The van der Waals surface area contributed by atoms with Crippen molar-refractivity contribution in [3.63, 3.8) is 0 Å². The summed E-state index contributed by atoms with van der Waals surface area (Å²) in [5.74, 6) is 1.36. The minimum Gasteiger partial charge on any atom is -0.493 e. The number of nitrogens with zero attached hydrogens (tertiary/aromatic N) is 1. The molecule has 0 bridgehead atoms. The molecule has 74 valence electrons. The highest BCUT2D eigenvalue weighted by Gasteiger charge is 1.98. The van der Waals surface area contributed by atoms with Gasteiger partial charge in [-0.1, -0.05) is 20.3 Å². The molecule has 0 radical (unpaired) electrons. The molecule has 1 rings (SSSR count). The Hall–Kier alpha value is -1.25. The van der Waals surface area contributed by atoms with E-state index in [0.29, 0.717) is 11.5 Å². The maximum atomic E-state index is 4.97. The fourth-order valence-electron chi connectivity index (χ4n) is 0.689. The summed E-state index contributed by atoms with van der Waals surface area (Å²) in [7, 11) is 3.18. The zero-order valence-corrected chi connectivity index (χ0v) is 8.70. The lowest BCUT2D eigenvalue weighted by atomic mass is 10.4. The highest BCUT2D eigenvalue weighted by Crippen LogP contribution is 2.23. The Morgan fingerprint density at radius 3 is 2.08 bits per heavy atom. The Balaban J connectivity index is 0.000000424. The van der Waals surface area contributed by atoms with Crippen molar-refractivity contribution in [1.82, 2.24) is 4.98 Å². The van der Waals surface area contributed by atoms with Crippen LogP contribution in [0, 0.1) is 0 Å². The second kappa shape index (κ2) is 7.40. The van der Waals surface area contributed by atoms with Crippen LogP contribution in [0.4, 0.5) is 0 Å². The van der Waals surface area contributed by atoms with Crippen LogP contribution in [0.25, 0.3) is 0 Å². The van der Waals surface area contributed by atoms with Gasteiger partial charge in [0.15, 0.2) is 11.5 Å². The number of ether oxygens (including phenoxy) is 2. The monoisotopic (exact) mass is 183 g/mol. The van der Waals surface area contributed by atoms with Crippen molar-refractivity contribution >= 4 is 0 Å². The third-order valence-corrected chi connectivity index (χ3v) is 1.19. The molecule has 0 aliphatic rings. The topological polar surface area (TPSA) is 31.4 Å². The molecule has 0 unspecified atom stereocenters. The van der Waals surface area contributed by atoms with Crippen LogP contribution in [-0.4, -0.2) is 19.2 Å². The molecule has 3 heteroatoms. The van der Waals surface area contributed by atoms with E-state index in [9.17, 15) is 0 Å². The second-order valence-corrected chi connectivity index (χ2v) is 2.44. The van der Waals surface area contributed by atoms with Crippen LogP contribution in [-0.2, 0) is 0 Å². The van der Waals surface area contributed by atoms with Crippen molar-refractivity contribution in [2.75, 3.05) is 14.2 Å². The fraction of sp³-hybridized carbons (Fsp3) is 0.500. The van der Waals surface area contributed by atoms with E-state index in [1.165, 1.54) is 6.42 Å². The van der Waals surface area contributed by atoms with Crippen molar-refractivity contribution in [1.29, 1.82) is 0 Å². The summed E-state index contributed by atoms with van der Waals surface area (Å²) < 4.78 is 9.92. The van der Waals surface area contributed by atoms with Gasteiger partial charge in [-0.3, -0.25) is 4.98 Å². The van der Waals surface area contributed by atoms with Gasteiger partial charge in [-0.25, -0.2) is 0 Å². The molecule has 0 amide bonds.